The zero-order valence-electron chi connectivity index (χ0n) is 10.3. The van der Waals surface area contributed by atoms with Crippen LogP contribution >= 0.6 is 0 Å². The van der Waals surface area contributed by atoms with E-state index in [4.69, 9.17) is 5.84 Å². The molecule has 18 heavy (non-hydrogen) atoms. The van der Waals surface area contributed by atoms with Crippen molar-refractivity contribution in [1.82, 2.24) is 5.43 Å². The summed E-state index contributed by atoms with van der Waals surface area (Å²) in [6.45, 7) is 2.40. The van der Waals surface area contributed by atoms with Crippen molar-refractivity contribution < 1.29 is 17.9 Å². The Hall–Kier alpha value is -1.11. The fraction of sp³-hybridized carbons (Fsp3) is 0.500. The molecule has 0 saturated heterocycles. The van der Waals surface area contributed by atoms with Gasteiger partial charge in [-0.05, 0) is 25.0 Å². The maximum atomic E-state index is 12.0. The van der Waals surface area contributed by atoms with E-state index in [-0.39, 0.29) is 6.61 Å². The van der Waals surface area contributed by atoms with Crippen molar-refractivity contribution in [2.75, 3.05) is 13.2 Å². The molecule has 0 radical (unpaired) electrons. The lowest BCUT2D eigenvalue weighted by Gasteiger charge is -2.19. The van der Waals surface area contributed by atoms with Gasteiger partial charge in [0.05, 0.1) is 12.6 Å². The van der Waals surface area contributed by atoms with Crippen LogP contribution in [0.2, 0.25) is 0 Å². The second-order valence-corrected chi connectivity index (χ2v) is 4.21. The Morgan fingerprint density at radius 2 is 2.00 bits per heavy atom. The van der Waals surface area contributed by atoms with E-state index in [2.05, 4.69) is 10.2 Å². The summed E-state index contributed by atoms with van der Waals surface area (Å²) in [4.78, 5) is 0. The van der Waals surface area contributed by atoms with Gasteiger partial charge in [0.15, 0.2) is 0 Å². The first kappa shape index (κ1) is 14.9. The SMILES string of the molecule is Cc1ccc(C)c(C(COCC(F)(F)F)NN)c1. The van der Waals surface area contributed by atoms with E-state index in [0.29, 0.717) is 0 Å². The third kappa shape index (κ3) is 4.64. The molecule has 6 heteroatoms. The Bertz CT molecular complexity index is 393. The first-order valence-corrected chi connectivity index (χ1v) is 5.51. The summed E-state index contributed by atoms with van der Waals surface area (Å²) in [6, 6.07) is 5.27. The number of aryl methyl sites for hydroxylation is 2. The molecular formula is C12H17F3N2O. The molecule has 0 aromatic heterocycles. The fourth-order valence-corrected chi connectivity index (χ4v) is 1.66. The van der Waals surface area contributed by atoms with Crippen molar-refractivity contribution in [3.8, 4) is 0 Å². The summed E-state index contributed by atoms with van der Waals surface area (Å²) in [7, 11) is 0. The first-order valence-electron chi connectivity index (χ1n) is 5.51. The predicted molar refractivity (Wildman–Crippen MR) is 62.9 cm³/mol. The van der Waals surface area contributed by atoms with Gasteiger partial charge >= 0.3 is 6.18 Å². The topological polar surface area (TPSA) is 47.3 Å². The van der Waals surface area contributed by atoms with Crippen LogP contribution in [0.4, 0.5) is 13.2 Å². The molecule has 1 rings (SSSR count). The monoisotopic (exact) mass is 262 g/mol. The van der Waals surface area contributed by atoms with Crippen molar-refractivity contribution in [3.63, 3.8) is 0 Å². The summed E-state index contributed by atoms with van der Waals surface area (Å²) >= 11 is 0. The van der Waals surface area contributed by atoms with E-state index in [1.165, 1.54) is 0 Å². The lowest BCUT2D eigenvalue weighted by atomic mass is 10.00. The van der Waals surface area contributed by atoms with E-state index < -0.39 is 18.8 Å². The standard InChI is InChI=1S/C12H17F3N2O/c1-8-3-4-9(2)10(5-8)11(17-16)6-18-7-12(13,14)15/h3-5,11,17H,6-7,16H2,1-2H3. The van der Waals surface area contributed by atoms with E-state index in [0.717, 1.165) is 16.7 Å². The van der Waals surface area contributed by atoms with E-state index >= 15 is 0 Å². The van der Waals surface area contributed by atoms with Crippen LogP contribution in [-0.4, -0.2) is 19.4 Å². The van der Waals surface area contributed by atoms with Crippen LogP contribution in [0, 0.1) is 13.8 Å². The Balaban J connectivity index is 2.68. The normalized spacial score (nSPS) is 13.7. The Morgan fingerprint density at radius 1 is 1.33 bits per heavy atom. The Labute approximate surface area is 104 Å². The quantitative estimate of drug-likeness (QED) is 0.632. The van der Waals surface area contributed by atoms with Crippen LogP contribution in [0.5, 0.6) is 0 Å². The molecule has 0 spiro atoms. The van der Waals surface area contributed by atoms with Gasteiger partial charge in [-0.2, -0.15) is 13.2 Å². The van der Waals surface area contributed by atoms with Crippen molar-refractivity contribution in [3.05, 3.63) is 34.9 Å². The van der Waals surface area contributed by atoms with Crippen molar-refractivity contribution in [1.29, 1.82) is 0 Å². The number of alkyl halides is 3. The smallest absolute Gasteiger partial charge is 0.370 e. The van der Waals surface area contributed by atoms with Crippen molar-refractivity contribution in [2.45, 2.75) is 26.1 Å². The highest BCUT2D eigenvalue weighted by Gasteiger charge is 2.28. The number of hydrogen-bond donors (Lipinski definition) is 2. The predicted octanol–water partition coefficient (Wildman–Crippen LogP) is 2.39. The van der Waals surface area contributed by atoms with Crippen LogP contribution < -0.4 is 11.3 Å². The highest BCUT2D eigenvalue weighted by Crippen LogP contribution is 2.20. The number of rotatable bonds is 5. The van der Waals surface area contributed by atoms with Crippen molar-refractivity contribution in [2.24, 2.45) is 5.84 Å². The summed E-state index contributed by atoms with van der Waals surface area (Å²) in [5.74, 6) is 5.36. The zero-order valence-corrected chi connectivity index (χ0v) is 10.3. The number of halogens is 3. The molecule has 1 atom stereocenters. The van der Waals surface area contributed by atoms with E-state index in [1.807, 2.05) is 32.0 Å². The molecule has 3 N–H and O–H groups in total. The lowest BCUT2D eigenvalue weighted by Crippen LogP contribution is -2.33. The van der Waals surface area contributed by atoms with Gasteiger partial charge < -0.3 is 4.74 Å². The van der Waals surface area contributed by atoms with Gasteiger partial charge in [-0.3, -0.25) is 11.3 Å². The number of ether oxygens (including phenoxy) is 1. The van der Waals surface area contributed by atoms with Crippen LogP contribution in [0.25, 0.3) is 0 Å². The van der Waals surface area contributed by atoms with Gasteiger partial charge in [-0.1, -0.05) is 23.8 Å². The summed E-state index contributed by atoms with van der Waals surface area (Å²) in [5, 5.41) is 0. The molecule has 0 saturated carbocycles. The molecule has 0 bridgehead atoms. The van der Waals surface area contributed by atoms with Gasteiger partial charge in [0.1, 0.15) is 6.61 Å². The molecule has 3 nitrogen and oxygen atoms in total. The number of hydrogen-bond acceptors (Lipinski definition) is 3. The number of nitrogens with two attached hydrogens (primary N) is 1. The average Bonchev–Trinajstić information content (AvgIpc) is 2.27. The van der Waals surface area contributed by atoms with E-state index in [9.17, 15) is 13.2 Å². The van der Waals surface area contributed by atoms with Crippen LogP contribution in [0.15, 0.2) is 18.2 Å². The van der Waals surface area contributed by atoms with Crippen molar-refractivity contribution >= 4 is 0 Å². The van der Waals surface area contributed by atoms with E-state index in [1.54, 1.807) is 0 Å². The Morgan fingerprint density at radius 3 is 2.56 bits per heavy atom. The molecule has 102 valence electrons. The van der Waals surface area contributed by atoms with Crippen LogP contribution in [0.3, 0.4) is 0 Å². The van der Waals surface area contributed by atoms with Gasteiger partial charge in [-0.15, -0.1) is 0 Å². The largest absolute Gasteiger partial charge is 0.411 e. The van der Waals surface area contributed by atoms with Gasteiger partial charge in [0.25, 0.3) is 0 Å². The molecule has 1 aromatic rings. The molecule has 0 aliphatic heterocycles. The number of nitrogens with one attached hydrogen (secondary N) is 1. The maximum Gasteiger partial charge on any atom is 0.411 e. The summed E-state index contributed by atoms with van der Waals surface area (Å²) in [6.07, 6.45) is -4.32. The molecule has 0 aliphatic carbocycles. The molecule has 0 amide bonds. The number of benzene rings is 1. The van der Waals surface area contributed by atoms with Gasteiger partial charge in [0, 0.05) is 0 Å². The lowest BCUT2D eigenvalue weighted by molar-refractivity contribution is -0.175. The minimum Gasteiger partial charge on any atom is -0.370 e. The third-order valence-electron chi connectivity index (χ3n) is 2.56. The molecule has 0 aliphatic rings. The second kappa shape index (κ2) is 6.17. The minimum absolute atomic E-state index is 0.125. The third-order valence-corrected chi connectivity index (χ3v) is 2.56. The Kier molecular flexibility index (Phi) is 5.13. The second-order valence-electron chi connectivity index (χ2n) is 4.21. The molecular weight excluding hydrogens is 245 g/mol. The highest BCUT2D eigenvalue weighted by atomic mass is 19.4. The summed E-state index contributed by atoms with van der Waals surface area (Å²) < 4.78 is 40.6. The summed E-state index contributed by atoms with van der Waals surface area (Å²) in [5.41, 5.74) is 5.30. The molecule has 1 unspecified atom stereocenters. The van der Waals surface area contributed by atoms with Crippen LogP contribution in [0.1, 0.15) is 22.7 Å². The maximum absolute atomic E-state index is 12.0. The highest BCUT2D eigenvalue weighted by molar-refractivity contribution is 5.33. The zero-order chi connectivity index (χ0) is 13.8. The molecule has 1 aromatic carbocycles. The number of hydrazine groups is 1. The van der Waals surface area contributed by atoms with Gasteiger partial charge in [0.2, 0.25) is 0 Å². The van der Waals surface area contributed by atoms with Gasteiger partial charge in [-0.25, -0.2) is 0 Å². The fourth-order valence-electron chi connectivity index (χ4n) is 1.66. The van der Waals surface area contributed by atoms with Crippen LogP contribution in [-0.2, 0) is 4.74 Å². The molecule has 0 fully saturated rings. The molecule has 0 heterocycles. The average molecular weight is 262 g/mol. The first-order chi connectivity index (χ1) is 8.33. The minimum atomic E-state index is -4.32.